The predicted octanol–water partition coefficient (Wildman–Crippen LogP) is 2.75. The van der Waals surface area contributed by atoms with E-state index in [2.05, 4.69) is 16.5 Å². The number of aryl methyl sites for hydroxylation is 1. The second-order valence-corrected chi connectivity index (χ2v) is 6.11. The van der Waals surface area contributed by atoms with E-state index in [0.29, 0.717) is 17.5 Å². The third-order valence-corrected chi connectivity index (χ3v) is 4.54. The summed E-state index contributed by atoms with van der Waals surface area (Å²) in [5.74, 6) is 1.92. The second-order valence-electron chi connectivity index (χ2n) is 6.11. The summed E-state index contributed by atoms with van der Waals surface area (Å²) in [6, 6.07) is 2.09. The summed E-state index contributed by atoms with van der Waals surface area (Å²) < 4.78 is 7.37. The van der Waals surface area contributed by atoms with Crippen molar-refractivity contribution in [3.8, 4) is 0 Å². The molecule has 1 atom stereocenters. The van der Waals surface area contributed by atoms with Crippen molar-refractivity contribution in [1.29, 1.82) is 0 Å². The van der Waals surface area contributed by atoms with Crippen molar-refractivity contribution in [2.75, 3.05) is 13.1 Å². The fraction of sp³-hybridized carbons (Fsp3) is 0.500. The molecule has 1 aliphatic carbocycles. The Balaban J connectivity index is 1.54. The van der Waals surface area contributed by atoms with Gasteiger partial charge in [0, 0.05) is 30.9 Å². The zero-order valence-corrected chi connectivity index (χ0v) is 12.2. The van der Waals surface area contributed by atoms with Crippen molar-refractivity contribution in [2.24, 2.45) is 0 Å². The van der Waals surface area contributed by atoms with Crippen molar-refractivity contribution in [3.05, 3.63) is 41.9 Å². The van der Waals surface area contributed by atoms with Crippen LogP contribution in [0.15, 0.2) is 29.2 Å². The molecular weight excluding hydrogens is 266 g/mol. The molecule has 4 rings (SSSR count). The molecule has 2 aromatic heterocycles. The lowest BCUT2D eigenvalue weighted by Gasteiger charge is -2.19. The Morgan fingerprint density at radius 2 is 2.24 bits per heavy atom. The van der Waals surface area contributed by atoms with Gasteiger partial charge in [0.05, 0.1) is 17.9 Å². The van der Waals surface area contributed by atoms with Crippen molar-refractivity contribution in [3.63, 3.8) is 0 Å². The quantitative estimate of drug-likeness (QED) is 0.871. The fourth-order valence-corrected chi connectivity index (χ4v) is 3.29. The lowest BCUT2D eigenvalue weighted by Crippen LogP contribution is -2.29. The molecule has 0 radical (unpaired) electrons. The molecule has 5 heteroatoms. The average molecular weight is 285 g/mol. The van der Waals surface area contributed by atoms with Gasteiger partial charge < -0.3 is 13.9 Å². The van der Waals surface area contributed by atoms with Gasteiger partial charge in [-0.15, -0.1) is 0 Å². The summed E-state index contributed by atoms with van der Waals surface area (Å²) in [7, 11) is 0. The maximum atomic E-state index is 12.4. The van der Waals surface area contributed by atoms with Gasteiger partial charge in [-0.3, -0.25) is 4.79 Å². The maximum Gasteiger partial charge on any atom is 0.257 e. The van der Waals surface area contributed by atoms with E-state index in [1.807, 2.05) is 11.1 Å². The molecule has 110 valence electrons. The maximum absolute atomic E-state index is 12.4. The van der Waals surface area contributed by atoms with Gasteiger partial charge in [-0.1, -0.05) is 0 Å². The number of carbonyl (C=O) groups excluding carboxylic acids is 1. The number of nitrogens with zero attached hydrogens (tertiary/aromatic N) is 3. The molecule has 0 spiro atoms. The van der Waals surface area contributed by atoms with Gasteiger partial charge in [0.25, 0.3) is 5.91 Å². The molecule has 5 nitrogen and oxygen atoms in total. The monoisotopic (exact) mass is 285 g/mol. The summed E-state index contributed by atoms with van der Waals surface area (Å²) >= 11 is 0. The zero-order chi connectivity index (χ0) is 14.4. The third-order valence-electron chi connectivity index (χ3n) is 4.54. The van der Waals surface area contributed by atoms with Crippen LogP contribution in [-0.4, -0.2) is 33.4 Å². The minimum atomic E-state index is 0.0667. The number of likely N-dealkylation sites (tertiary alicyclic amines) is 1. The van der Waals surface area contributed by atoms with Crippen LogP contribution in [0.3, 0.4) is 0 Å². The molecule has 1 amide bonds. The van der Waals surface area contributed by atoms with Crippen molar-refractivity contribution in [1.82, 2.24) is 14.5 Å². The summed E-state index contributed by atoms with van der Waals surface area (Å²) in [4.78, 5) is 18.9. The van der Waals surface area contributed by atoms with Crippen LogP contribution in [0.4, 0.5) is 0 Å². The van der Waals surface area contributed by atoms with Crippen LogP contribution in [-0.2, 0) is 0 Å². The number of imidazole rings is 1. The highest BCUT2D eigenvalue weighted by atomic mass is 16.3. The van der Waals surface area contributed by atoms with Gasteiger partial charge in [0.2, 0.25) is 0 Å². The molecule has 1 unspecified atom stereocenters. The largest absolute Gasteiger partial charge is 0.472 e. The first-order valence-corrected chi connectivity index (χ1v) is 7.59. The van der Waals surface area contributed by atoms with Crippen LogP contribution < -0.4 is 0 Å². The molecule has 21 heavy (non-hydrogen) atoms. The smallest absolute Gasteiger partial charge is 0.257 e. The predicted molar refractivity (Wildman–Crippen MR) is 77.2 cm³/mol. The van der Waals surface area contributed by atoms with Crippen LogP contribution in [0.1, 0.15) is 53.1 Å². The number of carbonyl (C=O) groups is 1. The minimum absolute atomic E-state index is 0.0667. The Morgan fingerprint density at radius 1 is 1.38 bits per heavy atom. The van der Waals surface area contributed by atoms with Crippen LogP contribution in [0, 0.1) is 6.92 Å². The van der Waals surface area contributed by atoms with E-state index in [1.165, 1.54) is 30.6 Å². The molecule has 2 fully saturated rings. The van der Waals surface area contributed by atoms with Gasteiger partial charge in [-0.25, -0.2) is 4.98 Å². The van der Waals surface area contributed by atoms with Gasteiger partial charge in [-0.05, 0) is 32.3 Å². The van der Waals surface area contributed by atoms with E-state index in [1.54, 1.807) is 12.3 Å². The lowest BCUT2D eigenvalue weighted by molar-refractivity contribution is 0.0786. The molecule has 2 aliphatic rings. The van der Waals surface area contributed by atoms with Crippen molar-refractivity contribution in [2.45, 2.75) is 38.1 Å². The van der Waals surface area contributed by atoms with Gasteiger partial charge in [-0.2, -0.15) is 0 Å². The van der Waals surface area contributed by atoms with Crippen LogP contribution >= 0.6 is 0 Å². The molecule has 0 aromatic carbocycles. The normalized spacial score (nSPS) is 22.0. The number of hydrogen-bond donors (Lipinski definition) is 0. The van der Waals surface area contributed by atoms with E-state index >= 15 is 0 Å². The summed E-state index contributed by atoms with van der Waals surface area (Å²) in [6.07, 6.45) is 8.54. The second kappa shape index (κ2) is 4.76. The van der Waals surface area contributed by atoms with Crippen LogP contribution in [0.5, 0.6) is 0 Å². The number of furan rings is 1. The molecule has 0 N–H and O–H groups in total. The minimum Gasteiger partial charge on any atom is -0.472 e. The van der Waals surface area contributed by atoms with Crippen molar-refractivity contribution >= 4 is 5.91 Å². The molecule has 2 aromatic rings. The Morgan fingerprint density at radius 3 is 2.95 bits per heavy atom. The third kappa shape index (κ3) is 2.17. The number of aromatic nitrogens is 2. The Kier molecular flexibility index (Phi) is 2.87. The molecule has 0 bridgehead atoms. The zero-order valence-electron chi connectivity index (χ0n) is 12.2. The highest BCUT2D eigenvalue weighted by molar-refractivity contribution is 5.94. The van der Waals surface area contributed by atoms with Crippen LogP contribution in [0.25, 0.3) is 0 Å². The number of hydrogen-bond acceptors (Lipinski definition) is 3. The Bertz CT molecular complexity index is 655. The average Bonchev–Trinajstić information content (AvgIpc) is 2.94. The lowest BCUT2D eigenvalue weighted by atomic mass is 10.2. The van der Waals surface area contributed by atoms with Gasteiger partial charge in [0.15, 0.2) is 0 Å². The van der Waals surface area contributed by atoms with E-state index in [9.17, 15) is 4.79 Å². The standard InChI is InChI=1S/C16H19N3O2/c1-11-8-17-15(12-2-3-12)19(11)14-4-6-18(9-14)16(20)13-5-7-21-10-13/h5,7-8,10,12,14H,2-4,6,9H2,1H3. The molecule has 3 heterocycles. The van der Waals surface area contributed by atoms with E-state index in [-0.39, 0.29) is 5.91 Å². The van der Waals surface area contributed by atoms with E-state index < -0.39 is 0 Å². The van der Waals surface area contributed by atoms with E-state index in [4.69, 9.17) is 4.42 Å². The Hall–Kier alpha value is -2.04. The highest BCUT2D eigenvalue weighted by Crippen LogP contribution is 2.41. The topological polar surface area (TPSA) is 51.3 Å². The SMILES string of the molecule is Cc1cnc(C2CC2)n1C1CCN(C(=O)c2ccoc2)C1. The fourth-order valence-electron chi connectivity index (χ4n) is 3.29. The molecule has 1 saturated carbocycles. The van der Waals surface area contributed by atoms with Gasteiger partial charge >= 0.3 is 0 Å². The summed E-state index contributed by atoms with van der Waals surface area (Å²) in [6.45, 7) is 3.68. The molecule has 1 saturated heterocycles. The first kappa shape index (κ1) is 12.7. The summed E-state index contributed by atoms with van der Waals surface area (Å²) in [5, 5.41) is 0. The number of rotatable bonds is 3. The molecular formula is C16H19N3O2. The molecule has 1 aliphatic heterocycles. The van der Waals surface area contributed by atoms with E-state index in [0.717, 1.165) is 19.5 Å². The Labute approximate surface area is 123 Å². The highest BCUT2D eigenvalue weighted by Gasteiger charge is 2.34. The summed E-state index contributed by atoms with van der Waals surface area (Å²) in [5.41, 5.74) is 1.85. The number of amides is 1. The van der Waals surface area contributed by atoms with Crippen LogP contribution in [0.2, 0.25) is 0 Å². The van der Waals surface area contributed by atoms with Crippen molar-refractivity contribution < 1.29 is 9.21 Å². The van der Waals surface area contributed by atoms with Gasteiger partial charge in [0.1, 0.15) is 12.1 Å². The first-order valence-electron chi connectivity index (χ1n) is 7.59. The first-order chi connectivity index (χ1) is 10.2.